The van der Waals surface area contributed by atoms with E-state index in [1.54, 1.807) is 31.4 Å². The van der Waals surface area contributed by atoms with Crippen LogP contribution in [0.2, 0.25) is 0 Å². The van der Waals surface area contributed by atoms with Crippen LogP contribution in [0.25, 0.3) is 22.1 Å². The van der Waals surface area contributed by atoms with E-state index in [0.717, 1.165) is 51.9 Å². The van der Waals surface area contributed by atoms with E-state index in [2.05, 4.69) is 74.4 Å². The number of hydrogen-bond donors (Lipinski definition) is 13. The summed E-state index contributed by atoms with van der Waals surface area (Å²) in [5.74, 6) is -6.73. The van der Waals surface area contributed by atoms with E-state index < -0.39 is 118 Å². The number of hydrazine groups is 1. The van der Waals surface area contributed by atoms with Crippen molar-refractivity contribution in [2.24, 2.45) is 17.3 Å². The highest BCUT2D eigenvalue weighted by molar-refractivity contribution is 8.76. The number of Topliss-reactive ketones (excluding diaryl/α,β-unsaturated/α-hetero) is 2. The molecular formula is C82H107N15O20S2. The van der Waals surface area contributed by atoms with Gasteiger partial charge in [0.15, 0.2) is 22.5 Å². The van der Waals surface area contributed by atoms with E-state index >= 15 is 4.79 Å². The number of ketones is 2. The van der Waals surface area contributed by atoms with Crippen LogP contribution in [0.3, 0.4) is 0 Å². The van der Waals surface area contributed by atoms with E-state index in [-0.39, 0.29) is 125 Å². The fraction of sp³-hybridized carbons (Fsp3) is 0.549. The molecule has 3 fully saturated rings. The first-order valence-corrected chi connectivity index (χ1v) is 42.8. The summed E-state index contributed by atoms with van der Waals surface area (Å²) in [6.07, 6.45) is 6.15. The number of hydrogen-bond acceptors (Lipinski definition) is 28. The van der Waals surface area contributed by atoms with Crippen LogP contribution >= 0.6 is 21.6 Å². The Kier molecular flexibility index (Phi) is 28.6. The third-order valence-electron chi connectivity index (χ3n) is 24.6. The number of para-hydroxylation sites is 1. The number of piperidine rings is 1. The molecule has 642 valence electrons. The smallest absolute Gasteiger partial charge is 0.426 e. The molecule has 8 heterocycles. The van der Waals surface area contributed by atoms with Gasteiger partial charge in [-0.15, -0.1) is 0 Å². The summed E-state index contributed by atoms with van der Waals surface area (Å²) in [6.45, 7) is 5.22. The first-order valence-electron chi connectivity index (χ1n) is 40.3. The number of aliphatic hydroxyl groups excluding tert-OH is 1. The van der Waals surface area contributed by atoms with E-state index in [0.29, 0.717) is 93.9 Å². The Morgan fingerprint density at radius 2 is 1.55 bits per heavy atom. The van der Waals surface area contributed by atoms with Gasteiger partial charge in [0.05, 0.1) is 81.9 Å². The Balaban J connectivity index is 0.587. The molecule has 11 atom stereocenters. The van der Waals surface area contributed by atoms with Crippen molar-refractivity contribution in [2.45, 2.75) is 138 Å². The number of aliphatic hydroxyl groups is 3. The average Bonchev–Trinajstić information content (AvgIpc) is 1.49. The quantitative estimate of drug-likeness (QED) is 0.00655. The zero-order valence-electron chi connectivity index (χ0n) is 67.5. The number of methoxy groups -OCH3 is 1. The molecular weight excluding hydrogens is 1580 g/mol. The van der Waals surface area contributed by atoms with Gasteiger partial charge in [-0.25, -0.2) is 30.0 Å². The van der Waals surface area contributed by atoms with Gasteiger partial charge in [-0.1, -0.05) is 90.1 Å². The Bertz CT molecular complexity index is 4850. The molecule has 119 heavy (non-hydrogen) atoms. The number of aromatic amines is 2. The van der Waals surface area contributed by atoms with Crippen LogP contribution in [0.15, 0.2) is 83.8 Å². The zero-order chi connectivity index (χ0) is 85.1. The number of carbonyl (C=O) groups excluding carboxylic acids is 6. The second-order valence-electron chi connectivity index (χ2n) is 32.0. The molecule has 1 unspecified atom stereocenters. The molecule has 2 bridgehead atoms. The molecule has 2 saturated heterocycles. The van der Waals surface area contributed by atoms with Gasteiger partial charge < -0.3 is 66.4 Å². The van der Waals surface area contributed by atoms with Crippen molar-refractivity contribution in [3.05, 3.63) is 129 Å². The molecule has 1 saturated carbocycles. The van der Waals surface area contributed by atoms with Gasteiger partial charge in [-0.05, 0) is 105 Å². The summed E-state index contributed by atoms with van der Waals surface area (Å²) in [6, 6.07) is 17.5. The van der Waals surface area contributed by atoms with Crippen LogP contribution in [0.1, 0.15) is 122 Å². The zero-order valence-corrected chi connectivity index (χ0v) is 69.1. The topological polar surface area (TPSA) is 490 Å². The standard InChI is InChI=1S/C82H107N15O20S2/c1-6-78(112)39-50-40-80(48-117-115-5,68-56(23-29-96(42-50)47-78)55-13-8-9-14-59(55)88-68)58-37-57-60(38-62(58)114-4)93(3)73-81(57)25-30-97-28-11-24-79(7-2,72(81)97)74(109)82(73,113)75(110)91-92-77(111)116-33-35-119-118-34-27-85-64(101)44-95(46-66(104)105)32-31-94(45-65(102)103)43-54(98)12-10-26-84-63(100)22-20-52(71(107)108)36-61(99)51-18-15-49(16-19-51)17-21-53-41-86-69-67(87-53)70(106)90-76(83)89-69/h8-9,11,13-16,18-19,24,37-38,41,50,52,72-74,88,109,112-113H,6-7,10,12,17,20-23,25-36,39-40,42-48H2,1-5H3,(H,84,100)(H,85,101)(H,91,110)(H,92,111)(H,102,103)(H,104,105)(H,107,108)(H3,83,86,89,90,106)/t50-,52+,72+,73-,74-,78+,79-,80+,81-,82-/m1/s1. The number of rotatable bonds is 40. The number of nitrogen functional groups attached to an aromatic ring is 1. The van der Waals surface area contributed by atoms with Crippen molar-refractivity contribution >= 4 is 109 Å². The number of carbonyl (C=O) groups is 9. The number of nitrogens with one attached hydrogen (secondary N) is 6. The maximum atomic E-state index is 15.3. The largest absolute Gasteiger partial charge is 0.496 e. The first kappa shape index (κ1) is 88.6. The number of anilines is 2. The molecule has 14 N–H and O–H groups in total. The number of carboxylic acids is 3. The minimum absolute atomic E-state index is 0.0179. The summed E-state index contributed by atoms with van der Waals surface area (Å²) in [5, 5.41) is 74.7. The number of nitrogens with two attached hydrogens (primary N) is 1. The molecule has 3 aromatic heterocycles. The number of likely N-dealkylation sites (N-methyl/N-ethyl adjacent to an activating group) is 1. The lowest BCUT2D eigenvalue weighted by Gasteiger charge is -2.63. The number of carboxylic acid groups (broad SMARTS) is 3. The average molecular weight is 1690 g/mol. The van der Waals surface area contributed by atoms with Crippen molar-refractivity contribution in [3.8, 4) is 5.75 Å². The summed E-state index contributed by atoms with van der Waals surface area (Å²) in [5.41, 5.74) is 10.3. The molecule has 12 rings (SSSR count). The number of benzene rings is 3. The van der Waals surface area contributed by atoms with Crippen LogP contribution in [0, 0.1) is 17.3 Å². The number of aliphatic carboxylic acids is 3. The van der Waals surface area contributed by atoms with Crippen LogP contribution in [-0.2, 0) is 78.2 Å². The number of nitrogens with zero attached hydrogens (tertiary/aromatic N) is 8. The molecule has 4 amide bonds. The van der Waals surface area contributed by atoms with Gasteiger partial charge >= 0.3 is 24.0 Å². The molecule has 6 aromatic rings. The van der Waals surface area contributed by atoms with Gasteiger partial charge in [0.1, 0.15) is 24.2 Å². The van der Waals surface area contributed by atoms with Crippen LogP contribution in [0.5, 0.6) is 5.75 Å². The third-order valence-corrected chi connectivity index (χ3v) is 27.0. The Labute approximate surface area is 694 Å². The molecule has 37 heteroatoms. The van der Waals surface area contributed by atoms with Gasteiger partial charge in [-0.3, -0.25) is 73.2 Å². The monoisotopic (exact) mass is 1690 g/mol. The van der Waals surface area contributed by atoms with Gasteiger partial charge in [-0.2, -0.15) is 4.98 Å². The first-order chi connectivity index (χ1) is 57.0. The number of aromatic nitrogens is 5. The minimum atomic E-state index is -2.58. The third kappa shape index (κ3) is 19.2. The summed E-state index contributed by atoms with van der Waals surface area (Å²) in [7, 11) is 7.58. The molecule has 0 radical (unpaired) electrons. The fourth-order valence-electron chi connectivity index (χ4n) is 19.3. The van der Waals surface area contributed by atoms with Gasteiger partial charge in [0.2, 0.25) is 17.8 Å². The lowest BCUT2D eigenvalue weighted by Crippen LogP contribution is -2.82. The normalized spacial score (nSPS) is 24.4. The lowest BCUT2D eigenvalue weighted by atomic mass is 9.47. The molecule has 1 spiro atoms. The molecule has 1 aliphatic carbocycles. The molecule has 5 aliphatic heterocycles. The molecule has 3 aromatic carbocycles. The second-order valence-corrected chi connectivity index (χ2v) is 34.7. The SMILES string of the molecule is CC[C@]1(O)C[C@H]2CN(CCc3c([nH]c4ccccc34)[C@@](COOC)(c3cc4c(cc3OC)N(C)[C@H]3[C@](O)(C(=O)NNC(=O)OCCSSCCNC(=O)CN(CCN(CC(=O)O)CC(=O)CCCNC(=O)CC[C@@H](CC(=O)c5ccc(CCc6cnc7nc(N)[nH]c(=O)c7n6)cc5)C(=O)O)CC(=O)O)[C@H](O)[C@]5(CC)C=CCN6CC[C@]43[C@@H]65)C2)C1. The van der Waals surface area contributed by atoms with Crippen LogP contribution in [-0.4, -0.2) is 289 Å². The Hall–Kier alpha value is -9.67. The maximum absolute atomic E-state index is 15.3. The van der Waals surface area contributed by atoms with E-state index in [4.69, 9.17) is 25.0 Å². The highest BCUT2D eigenvalue weighted by atomic mass is 33.1. The van der Waals surface area contributed by atoms with Crippen molar-refractivity contribution < 1.29 is 93.0 Å². The number of amides is 4. The summed E-state index contributed by atoms with van der Waals surface area (Å²) in [4.78, 5) is 169. The predicted octanol–water partition coefficient (Wildman–Crippen LogP) is 3.29. The lowest BCUT2D eigenvalue weighted by molar-refractivity contribution is -0.281. The van der Waals surface area contributed by atoms with Crippen molar-refractivity contribution in [3.63, 3.8) is 0 Å². The number of aryl methyl sites for hydroxylation is 2. The van der Waals surface area contributed by atoms with E-state index in [1.807, 2.05) is 56.1 Å². The summed E-state index contributed by atoms with van der Waals surface area (Å²) < 4.78 is 12.0. The van der Waals surface area contributed by atoms with Crippen molar-refractivity contribution in [1.29, 1.82) is 0 Å². The fourth-order valence-corrected chi connectivity index (χ4v) is 21.0. The highest BCUT2D eigenvalue weighted by Crippen LogP contribution is 2.68. The van der Waals surface area contributed by atoms with E-state index in [9.17, 15) is 73.8 Å². The van der Waals surface area contributed by atoms with Gasteiger partial charge in [0.25, 0.3) is 11.5 Å². The number of fused-ring (bicyclic) bond motifs is 7. The van der Waals surface area contributed by atoms with E-state index in [1.165, 1.54) is 44.7 Å². The minimum Gasteiger partial charge on any atom is -0.496 e. The van der Waals surface area contributed by atoms with Crippen LogP contribution in [0.4, 0.5) is 16.4 Å². The van der Waals surface area contributed by atoms with Crippen LogP contribution < -0.4 is 42.4 Å². The maximum Gasteiger partial charge on any atom is 0.426 e. The molecule has 35 nitrogen and oxygen atoms in total. The van der Waals surface area contributed by atoms with Crippen molar-refractivity contribution in [1.82, 2.24) is 66.0 Å². The Morgan fingerprint density at radius 3 is 2.28 bits per heavy atom. The number of ether oxygens (including phenoxy) is 2. The highest BCUT2D eigenvalue weighted by Gasteiger charge is 2.79. The van der Waals surface area contributed by atoms with Gasteiger partial charge in [0, 0.05) is 147 Å². The second kappa shape index (κ2) is 38.4. The summed E-state index contributed by atoms with van der Waals surface area (Å²) >= 11 is 0. The number of H-pyrrole nitrogens is 2. The Morgan fingerprint density at radius 1 is 0.815 bits per heavy atom. The predicted molar refractivity (Wildman–Crippen MR) is 441 cm³/mol. The molecule has 6 aliphatic rings. The van der Waals surface area contributed by atoms with Crippen molar-refractivity contribution in [2.75, 3.05) is 142 Å².